The molecule has 0 aromatic carbocycles. The molecule has 0 spiro atoms. The number of aromatic nitrogens is 1. The molecule has 1 N–H and O–H groups in total. The predicted molar refractivity (Wildman–Crippen MR) is 112 cm³/mol. The van der Waals surface area contributed by atoms with E-state index in [1.54, 1.807) is 6.20 Å². The summed E-state index contributed by atoms with van der Waals surface area (Å²) in [6.45, 7) is 7.13. The van der Waals surface area contributed by atoms with Crippen molar-refractivity contribution in [3.05, 3.63) is 11.1 Å². The van der Waals surface area contributed by atoms with Gasteiger partial charge in [-0.1, -0.05) is 13.8 Å². The van der Waals surface area contributed by atoms with Gasteiger partial charge in [0, 0.05) is 17.6 Å². The zero-order chi connectivity index (χ0) is 19.9. The van der Waals surface area contributed by atoms with Gasteiger partial charge in [0.1, 0.15) is 0 Å². The number of carbonyl (C=O) groups is 2. The second-order valence-corrected chi connectivity index (χ2v) is 11.2. The lowest BCUT2D eigenvalue weighted by atomic mass is 9.49. The number of aryl methyl sites for hydroxylation is 1. The molecule has 0 aliphatic heterocycles. The Bertz CT molecular complexity index is 707. The SMILES string of the molecule is Cc1cnc(NC(=O)CN(CCC(C)C)C(=O)C23CC4CC(CC(C4)C2)C3)s1. The van der Waals surface area contributed by atoms with Crippen LogP contribution in [0.15, 0.2) is 6.20 Å². The number of nitrogens with one attached hydrogen (secondary N) is 1. The lowest BCUT2D eigenvalue weighted by molar-refractivity contribution is -0.159. The van der Waals surface area contributed by atoms with Crippen molar-refractivity contribution in [3.8, 4) is 0 Å². The number of thiazole rings is 1. The van der Waals surface area contributed by atoms with Crippen molar-refractivity contribution < 1.29 is 9.59 Å². The van der Waals surface area contributed by atoms with E-state index in [4.69, 9.17) is 0 Å². The van der Waals surface area contributed by atoms with E-state index in [1.807, 2.05) is 11.8 Å². The summed E-state index contributed by atoms with van der Waals surface area (Å²) >= 11 is 1.47. The van der Waals surface area contributed by atoms with Crippen molar-refractivity contribution in [1.29, 1.82) is 0 Å². The van der Waals surface area contributed by atoms with E-state index in [9.17, 15) is 9.59 Å². The fraction of sp³-hybridized carbons (Fsp3) is 0.773. The van der Waals surface area contributed by atoms with Crippen LogP contribution in [-0.4, -0.2) is 34.8 Å². The molecule has 4 bridgehead atoms. The van der Waals surface area contributed by atoms with E-state index in [0.717, 1.165) is 48.3 Å². The van der Waals surface area contributed by atoms with E-state index in [-0.39, 0.29) is 23.8 Å². The Balaban J connectivity index is 1.47. The van der Waals surface area contributed by atoms with E-state index in [2.05, 4.69) is 24.1 Å². The topological polar surface area (TPSA) is 62.3 Å². The van der Waals surface area contributed by atoms with Gasteiger partial charge >= 0.3 is 0 Å². The van der Waals surface area contributed by atoms with Crippen LogP contribution in [0, 0.1) is 36.0 Å². The number of amides is 2. The van der Waals surface area contributed by atoms with Crippen molar-refractivity contribution in [1.82, 2.24) is 9.88 Å². The van der Waals surface area contributed by atoms with Crippen molar-refractivity contribution in [2.45, 2.75) is 65.7 Å². The van der Waals surface area contributed by atoms with Crippen molar-refractivity contribution in [3.63, 3.8) is 0 Å². The van der Waals surface area contributed by atoms with Gasteiger partial charge in [0.2, 0.25) is 11.8 Å². The number of nitrogens with zero attached hydrogens (tertiary/aromatic N) is 2. The molecule has 0 radical (unpaired) electrons. The fourth-order valence-corrected chi connectivity index (χ4v) is 6.80. The molecule has 0 unspecified atom stereocenters. The summed E-state index contributed by atoms with van der Waals surface area (Å²) in [6, 6.07) is 0. The van der Waals surface area contributed by atoms with Crippen molar-refractivity contribution >= 4 is 28.3 Å². The maximum Gasteiger partial charge on any atom is 0.245 e. The maximum atomic E-state index is 13.7. The predicted octanol–water partition coefficient (Wildman–Crippen LogP) is 4.48. The van der Waals surface area contributed by atoms with Gasteiger partial charge in [-0.2, -0.15) is 0 Å². The minimum Gasteiger partial charge on any atom is -0.333 e. The Kier molecular flexibility index (Phi) is 5.51. The molecule has 4 aliphatic carbocycles. The molecule has 154 valence electrons. The normalized spacial score (nSPS) is 30.6. The van der Waals surface area contributed by atoms with Crippen LogP contribution in [-0.2, 0) is 9.59 Å². The van der Waals surface area contributed by atoms with E-state index in [0.29, 0.717) is 17.6 Å². The standard InChI is InChI=1S/C22H33N3O2S/c1-14(2)4-5-25(13-19(26)24-21-23-12-15(3)28-21)20(27)22-9-16-6-17(10-22)8-18(7-16)11-22/h12,14,16-18H,4-11,13H2,1-3H3,(H,23,24,26). The molecule has 28 heavy (non-hydrogen) atoms. The van der Waals surface area contributed by atoms with E-state index < -0.39 is 0 Å². The van der Waals surface area contributed by atoms with Crippen LogP contribution < -0.4 is 5.32 Å². The van der Waals surface area contributed by atoms with E-state index >= 15 is 0 Å². The molecular formula is C22H33N3O2S. The number of anilines is 1. The summed E-state index contributed by atoms with van der Waals surface area (Å²) < 4.78 is 0. The Labute approximate surface area is 172 Å². The average Bonchev–Trinajstić information content (AvgIpc) is 3.01. The largest absolute Gasteiger partial charge is 0.333 e. The highest BCUT2D eigenvalue weighted by molar-refractivity contribution is 7.15. The summed E-state index contributed by atoms with van der Waals surface area (Å²) in [6.07, 6.45) is 9.79. The summed E-state index contributed by atoms with van der Waals surface area (Å²) in [7, 11) is 0. The van der Waals surface area contributed by atoms with Crippen LogP contribution in [0.1, 0.15) is 63.7 Å². The smallest absolute Gasteiger partial charge is 0.245 e. The molecule has 4 fully saturated rings. The number of hydrogen-bond donors (Lipinski definition) is 1. The molecular weight excluding hydrogens is 370 g/mol. The first kappa shape index (κ1) is 19.9. The van der Waals surface area contributed by atoms with Gasteiger partial charge < -0.3 is 10.2 Å². The lowest BCUT2D eigenvalue weighted by Crippen LogP contribution is -2.55. The first-order valence-electron chi connectivity index (χ1n) is 10.8. The highest BCUT2D eigenvalue weighted by Crippen LogP contribution is 2.60. The Morgan fingerprint density at radius 1 is 1.21 bits per heavy atom. The highest BCUT2D eigenvalue weighted by Gasteiger charge is 2.55. The lowest BCUT2D eigenvalue weighted by Gasteiger charge is -2.56. The Morgan fingerprint density at radius 3 is 2.32 bits per heavy atom. The molecule has 4 saturated carbocycles. The van der Waals surface area contributed by atoms with Gasteiger partial charge in [-0.25, -0.2) is 4.98 Å². The van der Waals surface area contributed by atoms with Gasteiger partial charge in [0.05, 0.1) is 12.0 Å². The van der Waals surface area contributed by atoms with Crippen molar-refractivity contribution in [2.24, 2.45) is 29.1 Å². The quantitative estimate of drug-likeness (QED) is 0.730. The molecule has 1 aromatic heterocycles. The van der Waals surface area contributed by atoms with Gasteiger partial charge in [0.15, 0.2) is 5.13 Å². The van der Waals surface area contributed by atoms with Crippen LogP contribution in [0.4, 0.5) is 5.13 Å². The van der Waals surface area contributed by atoms with Crippen LogP contribution in [0.3, 0.4) is 0 Å². The van der Waals surface area contributed by atoms with Gasteiger partial charge in [-0.15, -0.1) is 11.3 Å². The van der Waals surface area contributed by atoms with Gasteiger partial charge in [-0.3, -0.25) is 9.59 Å². The first-order chi connectivity index (χ1) is 13.3. The Morgan fingerprint density at radius 2 is 1.82 bits per heavy atom. The fourth-order valence-electron chi connectivity index (χ4n) is 6.12. The molecule has 5 rings (SSSR count). The highest BCUT2D eigenvalue weighted by atomic mass is 32.1. The molecule has 1 heterocycles. The first-order valence-corrected chi connectivity index (χ1v) is 11.7. The number of carbonyl (C=O) groups excluding carboxylic acids is 2. The summed E-state index contributed by atoms with van der Waals surface area (Å²) in [5, 5.41) is 3.50. The molecule has 0 saturated heterocycles. The Hall–Kier alpha value is -1.43. The molecule has 4 aliphatic rings. The van der Waals surface area contributed by atoms with Crippen LogP contribution in [0.2, 0.25) is 0 Å². The molecule has 0 atom stereocenters. The average molecular weight is 404 g/mol. The van der Waals surface area contributed by atoms with Gasteiger partial charge in [0.25, 0.3) is 0 Å². The number of rotatable bonds is 7. The second-order valence-electron chi connectivity index (χ2n) is 9.93. The third-order valence-corrected chi connectivity index (χ3v) is 7.79. The van der Waals surface area contributed by atoms with Crippen LogP contribution in [0.25, 0.3) is 0 Å². The molecule has 2 amide bonds. The number of hydrogen-bond acceptors (Lipinski definition) is 4. The zero-order valence-corrected chi connectivity index (χ0v) is 18.2. The molecule has 6 heteroatoms. The molecule has 1 aromatic rings. The monoisotopic (exact) mass is 403 g/mol. The minimum atomic E-state index is -0.191. The third-order valence-electron chi connectivity index (χ3n) is 6.96. The summed E-state index contributed by atoms with van der Waals surface area (Å²) in [5.41, 5.74) is -0.191. The third kappa shape index (κ3) is 4.12. The van der Waals surface area contributed by atoms with Gasteiger partial charge in [-0.05, 0) is 75.5 Å². The van der Waals surface area contributed by atoms with Crippen molar-refractivity contribution in [2.75, 3.05) is 18.4 Å². The summed E-state index contributed by atoms with van der Waals surface area (Å²) in [4.78, 5) is 33.6. The summed E-state index contributed by atoms with van der Waals surface area (Å²) in [5.74, 6) is 2.82. The second kappa shape index (κ2) is 7.77. The molecule has 5 nitrogen and oxygen atoms in total. The van der Waals surface area contributed by atoms with Crippen LogP contribution >= 0.6 is 11.3 Å². The minimum absolute atomic E-state index is 0.129. The van der Waals surface area contributed by atoms with Crippen LogP contribution in [0.5, 0.6) is 0 Å². The maximum absolute atomic E-state index is 13.7. The van der Waals surface area contributed by atoms with E-state index in [1.165, 1.54) is 30.6 Å². The zero-order valence-electron chi connectivity index (χ0n) is 17.4.